The van der Waals surface area contributed by atoms with Gasteiger partial charge in [-0.3, -0.25) is 0 Å². The molecule has 0 bridgehead atoms. The fourth-order valence-corrected chi connectivity index (χ4v) is 4.91. The summed E-state index contributed by atoms with van der Waals surface area (Å²) >= 11 is 0. The lowest BCUT2D eigenvalue weighted by Crippen LogP contribution is -2.49. The highest BCUT2D eigenvalue weighted by molar-refractivity contribution is 7.89. The molecule has 0 spiro atoms. The van der Waals surface area contributed by atoms with Crippen LogP contribution in [-0.4, -0.2) is 58.9 Å². The van der Waals surface area contributed by atoms with Crippen molar-refractivity contribution >= 4 is 15.8 Å². The lowest BCUT2D eigenvalue weighted by molar-refractivity contribution is 0.383. The zero-order chi connectivity index (χ0) is 21.5. The molecule has 0 radical (unpaired) electrons. The van der Waals surface area contributed by atoms with E-state index in [-0.39, 0.29) is 18.0 Å². The molecule has 11 heteroatoms. The molecule has 0 aliphatic carbocycles. The van der Waals surface area contributed by atoms with Gasteiger partial charge in [-0.1, -0.05) is 0 Å². The smallest absolute Gasteiger partial charge is 0.243 e. The maximum Gasteiger partial charge on any atom is 0.243 e. The lowest BCUT2D eigenvalue weighted by Gasteiger charge is -2.34. The van der Waals surface area contributed by atoms with Gasteiger partial charge < -0.3 is 4.90 Å². The number of rotatable bonds is 4. The molecular formula is C19H20F2N6O2S. The Morgan fingerprint density at radius 2 is 1.47 bits per heavy atom. The number of hydrogen-bond donors (Lipinski definition) is 0. The zero-order valence-corrected chi connectivity index (χ0v) is 17.3. The highest BCUT2D eigenvalue weighted by Gasteiger charge is 2.29. The number of aromatic nitrogens is 4. The minimum atomic E-state index is -3.98. The van der Waals surface area contributed by atoms with Gasteiger partial charge in [0, 0.05) is 37.9 Å². The van der Waals surface area contributed by atoms with Crippen LogP contribution in [0.15, 0.2) is 41.3 Å². The first-order chi connectivity index (χ1) is 14.2. The average Bonchev–Trinajstić information content (AvgIpc) is 3.05. The summed E-state index contributed by atoms with van der Waals surface area (Å²) in [5.41, 5.74) is 1.83. The number of anilines is 1. The molecule has 3 aromatic rings. The Bertz CT molecular complexity index is 1150. The van der Waals surface area contributed by atoms with Crippen LogP contribution in [0, 0.1) is 25.5 Å². The Morgan fingerprint density at radius 3 is 2.00 bits per heavy atom. The average molecular weight is 434 g/mol. The molecule has 1 aliphatic heterocycles. The highest BCUT2D eigenvalue weighted by Crippen LogP contribution is 2.22. The van der Waals surface area contributed by atoms with Crippen LogP contribution in [0.5, 0.6) is 0 Å². The van der Waals surface area contributed by atoms with Gasteiger partial charge in [0.25, 0.3) is 0 Å². The van der Waals surface area contributed by atoms with Crippen LogP contribution in [0.3, 0.4) is 0 Å². The van der Waals surface area contributed by atoms with Crippen molar-refractivity contribution < 1.29 is 17.2 Å². The number of benzene rings is 1. The third-order valence-electron chi connectivity index (χ3n) is 4.90. The summed E-state index contributed by atoms with van der Waals surface area (Å²) in [5.74, 6) is -0.636. The van der Waals surface area contributed by atoms with E-state index < -0.39 is 21.7 Å². The number of hydrogen-bond acceptors (Lipinski definition) is 6. The summed E-state index contributed by atoms with van der Waals surface area (Å²) in [6.07, 6.45) is 0. The summed E-state index contributed by atoms with van der Waals surface area (Å²) in [5, 5.41) is 12.8. The maximum atomic E-state index is 13.4. The SMILES string of the molecule is Cc1cc(C)n(-c2ccc(N3CCN(S(=O)(=O)c4cc(F)cc(F)c4)CC3)nn2)n1. The second-order valence-corrected chi connectivity index (χ2v) is 9.02. The Kier molecular flexibility index (Phi) is 5.24. The standard InChI is InChI=1S/C19H20F2N6O2S/c1-13-9-14(2)27(24-13)19-4-3-18(22-23-19)25-5-7-26(8-6-25)30(28,29)17-11-15(20)10-16(21)12-17/h3-4,9-12H,5-8H2,1-2H3. The predicted octanol–water partition coefficient (Wildman–Crippen LogP) is 2.07. The number of sulfonamides is 1. The minimum Gasteiger partial charge on any atom is -0.352 e. The van der Waals surface area contributed by atoms with Crippen molar-refractivity contribution in [2.24, 2.45) is 0 Å². The first-order valence-corrected chi connectivity index (χ1v) is 10.8. The molecule has 0 N–H and O–H groups in total. The maximum absolute atomic E-state index is 13.4. The Morgan fingerprint density at radius 1 is 0.867 bits per heavy atom. The molecular weight excluding hydrogens is 414 g/mol. The largest absolute Gasteiger partial charge is 0.352 e. The molecule has 4 rings (SSSR count). The van der Waals surface area contributed by atoms with Crippen LogP contribution < -0.4 is 4.90 Å². The van der Waals surface area contributed by atoms with Crippen molar-refractivity contribution in [1.82, 2.24) is 24.3 Å². The van der Waals surface area contributed by atoms with Gasteiger partial charge in [-0.2, -0.15) is 9.40 Å². The highest BCUT2D eigenvalue weighted by atomic mass is 32.2. The Balaban J connectivity index is 1.46. The van der Waals surface area contributed by atoms with Gasteiger partial charge in [-0.25, -0.2) is 21.9 Å². The van der Waals surface area contributed by atoms with E-state index in [1.165, 1.54) is 4.31 Å². The van der Waals surface area contributed by atoms with Crippen LogP contribution in [-0.2, 0) is 10.0 Å². The molecule has 1 fully saturated rings. The summed E-state index contributed by atoms with van der Waals surface area (Å²) < 4.78 is 55.2. The third-order valence-corrected chi connectivity index (χ3v) is 6.78. The fourth-order valence-electron chi connectivity index (χ4n) is 3.44. The van der Waals surface area contributed by atoms with Crippen LogP contribution >= 0.6 is 0 Å². The molecule has 0 amide bonds. The first kappa shape index (κ1) is 20.4. The van der Waals surface area contributed by atoms with Gasteiger partial charge in [0.2, 0.25) is 10.0 Å². The van der Waals surface area contributed by atoms with E-state index in [9.17, 15) is 17.2 Å². The molecule has 1 aromatic carbocycles. The molecule has 30 heavy (non-hydrogen) atoms. The van der Waals surface area contributed by atoms with E-state index in [0.717, 1.165) is 23.5 Å². The third kappa shape index (κ3) is 3.90. The van der Waals surface area contributed by atoms with Gasteiger partial charge in [-0.05, 0) is 44.2 Å². The van der Waals surface area contributed by atoms with Crippen LogP contribution in [0.2, 0.25) is 0 Å². The van der Waals surface area contributed by atoms with E-state index in [4.69, 9.17) is 0 Å². The van der Waals surface area contributed by atoms with Gasteiger partial charge in [0.05, 0.1) is 10.6 Å². The summed E-state index contributed by atoms with van der Waals surface area (Å²) in [6.45, 7) is 4.93. The van der Waals surface area contributed by atoms with Crippen molar-refractivity contribution in [1.29, 1.82) is 0 Å². The molecule has 2 aromatic heterocycles. The van der Waals surface area contributed by atoms with Crippen molar-refractivity contribution in [2.75, 3.05) is 31.1 Å². The summed E-state index contributed by atoms with van der Waals surface area (Å²) in [4.78, 5) is 1.53. The zero-order valence-electron chi connectivity index (χ0n) is 16.5. The van der Waals surface area contributed by atoms with Crippen molar-refractivity contribution in [3.05, 3.63) is 59.4 Å². The summed E-state index contributed by atoms with van der Waals surface area (Å²) in [7, 11) is -3.98. The number of aryl methyl sites for hydroxylation is 2. The molecule has 8 nitrogen and oxygen atoms in total. The van der Waals surface area contributed by atoms with Crippen molar-refractivity contribution in [2.45, 2.75) is 18.7 Å². The van der Waals surface area contributed by atoms with Crippen LogP contribution in [0.1, 0.15) is 11.4 Å². The van der Waals surface area contributed by atoms with Crippen LogP contribution in [0.4, 0.5) is 14.6 Å². The molecule has 0 atom stereocenters. The Labute approximate surface area is 172 Å². The van der Waals surface area contributed by atoms with Gasteiger partial charge in [0.15, 0.2) is 11.6 Å². The first-order valence-electron chi connectivity index (χ1n) is 9.32. The topological polar surface area (TPSA) is 84.2 Å². The molecule has 1 aliphatic rings. The molecule has 0 saturated carbocycles. The van der Waals surface area contributed by atoms with E-state index in [0.29, 0.717) is 30.8 Å². The second-order valence-electron chi connectivity index (χ2n) is 7.08. The van der Waals surface area contributed by atoms with Gasteiger partial charge in [0.1, 0.15) is 11.6 Å². The number of nitrogens with zero attached hydrogens (tertiary/aromatic N) is 6. The predicted molar refractivity (Wildman–Crippen MR) is 106 cm³/mol. The Hall–Kier alpha value is -2.92. The normalized spacial score (nSPS) is 15.5. The van der Waals surface area contributed by atoms with Crippen molar-refractivity contribution in [3.8, 4) is 5.82 Å². The molecule has 3 heterocycles. The second kappa shape index (κ2) is 7.73. The van der Waals surface area contributed by atoms with Gasteiger partial charge in [-0.15, -0.1) is 10.2 Å². The van der Waals surface area contributed by atoms with E-state index in [1.54, 1.807) is 10.7 Å². The number of piperazine rings is 1. The van der Waals surface area contributed by atoms with E-state index >= 15 is 0 Å². The van der Waals surface area contributed by atoms with Crippen molar-refractivity contribution in [3.63, 3.8) is 0 Å². The fraction of sp³-hybridized carbons (Fsp3) is 0.316. The molecule has 1 saturated heterocycles. The summed E-state index contributed by atoms with van der Waals surface area (Å²) in [6, 6.07) is 7.86. The van der Waals surface area contributed by atoms with Gasteiger partial charge >= 0.3 is 0 Å². The lowest BCUT2D eigenvalue weighted by atomic mass is 10.3. The quantitative estimate of drug-likeness (QED) is 0.625. The monoisotopic (exact) mass is 434 g/mol. The minimum absolute atomic E-state index is 0.168. The van der Waals surface area contributed by atoms with E-state index in [2.05, 4.69) is 15.3 Å². The molecule has 0 unspecified atom stereocenters. The molecule has 158 valence electrons. The van der Waals surface area contributed by atoms with Crippen LogP contribution in [0.25, 0.3) is 5.82 Å². The van der Waals surface area contributed by atoms with E-state index in [1.807, 2.05) is 30.9 Å². The number of halogens is 2.